The van der Waals surface area contributed by atoms with E-state index in [4.69, 9.17) is 23.7 Å². The Bertz CT molecular complexity index is 2870. The van der Waals surface area contributed by atoms with Gasteiger partial charge in [-0.1, -0.05) is 0 Å². The standard InChI is InChI=1S/C29H29NO4S.C23H18O4S/c1-30-16-4-5-24(18-30)34-22-12-6-19(7-13-22)28(31)27-25-15-14-23(33-3)17-26(25)35-29(27)20-8-10-21(32-2)11-9-20;1-26-17-9-5-15(6-10-17)23-21(22(25)14-3-7-16(24)8-4-14)19-12-11-18(27-2)13-20(19)28-23/h6-15,17,24H,4-5,16,18H2,1-3H3;3-13,24H,1-2H3. The molecule has 0 bridgehead atoms. The van der Waals surface area contributed by atoms with Crippen molar-refractivity contribution in [1.29, 1.82) is 0 Å². The topological polar surface area (TPSA) is 104 Å². The summed E-state index contributed by atoms with van der Waals surface area (Å²) in [6, 6.07) is 41.0. The lowest BCUT2D eigenvalue weighted by molar-refractivity contribution is 0.103. The van der Waals surface area contributed by atoms with Gasteiger partial charge < -0.3 is 33.7 Å². The van der Waals surface area contributed by atoms with Gasteiger partial charge in [-0.2, -0.15) is 0 Å². The van der Waals surface area contributed by atoms with Crippen LogP contribution < -0.4 is 23.7 Å². The average Bonchev–Trinajstić information content (AvgIpc) is 3.90. The number of carbonyl (C=O) groups excluding carboxylic acids is 2. The number of nitrogens with zero attached hydrogens (tertiary/aromatic N) is 1. The predicted octanol–water partition coefficient (Wildman–Crippen LogP) is 11.8. The van der Waals surface area contributed by atoms with Crippen molar-refractivity contribution in [2.75, 3.05) is 48.6 Å². The van der Waals surface area contributed by atoms with E-state index in [1.54, 1.807) is 63.2 Å². The normalized spacial score (nSPS) is 13.8. The summed E-state index contributed by atoms with van der Waals surface area (Å²) < 4.78 is 29.5. The average molecular weight is 878 g/mol. The highest BCUT2D eigenvalue weighted by atomic mass is 32.1. The molecule has 0 amide bonds. The van der Waals surface area contributed by atoms with Gasteiger partial charge in [-0.25, -0.2) is 0 Å². The number of likely N-dealkylation sites (tertiary alicyclic amines) is 1. The Labute approximate surface area is 374 Å². The summed E-state index contributed by atoms with van der Waals surface area (Å²) in [5, 5.41) is 11.4. The maximum absolute atomic E-state index is 13.8. The first-order valence-corrected chi connectivity index (χ1v) is 22.1. The van der Waals surface area contributed by atoms with Crippen molar-refractivity contribution in [1.82, 2.24) is 4.90 Å². The second-order valence-corrected chi connectivity index (χ2v) is 17.3. The monoisotopic (exact) mass is 877 g/mol. The molecule has 1 aliphatic rings. The highest BCUT2D eigenvalue weighted by Crippen LogP contribution is 2.43. The fourth-order valence-corrected chi connectivity index (χ4v) is 10.2. The van der Waals surface area contributed by atoms with Crippen LogP contribution in [0.15, 0.2) is 133 Å². The largest absolute Gasteiger partial charge is 0.508 e. The highest BCUT2D eigenvalue weighted by Gasteiger charge is 2.24. The summed E-state index contributed by atoms with van der Waals surface area (Å²) in [5.41, 5.74) is 4.46. The number of aromatic hydroxyl groups is 1. The molecule has 0 aliphatic carbocycles. The van der Waals surface area contributed by atoms with Crippen LogP contribution in [0.3, 0.4) is 0 Å². The van der Waals surface area contributed by atoms with Gasteiger partial charge >= 0.3 is 0 Å². The molecule has 9 rings (SSSR count). The van der Waals surface area contributed by atoms with Gasteiger partial charge in [-0.05, 0) is 171 Å². The van der Waals surface area contributed by atoms with E-state index in [9.17, 15) is 14.7 Å². The number of hydrogen-bond donors (Lipinski definition) is 1. The van der Waals surface area contributed by atoms with Crippen LogP contribution in [-0.2, 0) is 0 Å². The summed E-state index contributed by atoms with van der Waals surface area (Å²) in [4.78, 5) is 31.3. The zero-order valence-corrected chi connectivity index (χ0v) is 37.3. The van der Waals surface area contributed by atoms with Crippen LogP contribution >= 0.6 is 22.7 Å². The Morgan fingerprint density at radius 1 is 0.556 bits per heavy atom. The lowest BCUT2D eigenvalue weighted by Crippen LogP contribution is -2.38. The second kappa shape index (κ2) is 19.2. The van der Waals surface area contributed by atoms with Crippen LogP contribution in [0.25, 0.3) is 41.1 Å². The molecule has 0 radical (unpaired) electrons. The quantitative estimate of drug-likeness (QED) is 0.120. The number of ether oxygens (including phenoxy) is 5. The number of phenols is 1. The van der Waals surface area contributed by atoms with E-state index in [-0.39, 0.29) is 23.4 Å². The van der Waals surface area contributed by atoms with Gasteiger partial charge in [0.05, 0.1) is 28.4 Å². The Morgan fingerprint density at radius 2 is 0.968 bits per heavy atom. The third-order valence-electron chi connectivity index (χ3n) is 11.1. The Kier molecular flexibility index (Phi) is 13.1. The van der Waals surface area contributed by atoms with Gasteiger partial charge in [0.2, 0.25) is 0 Å². The summed E-state index contributed by atoms with van der Waals surface area (Å²) in [6.45, 7) is 2.04. The number of likely N-dealkylation sites (N-methyl/N-ethyl adjacent to an activating group) is 1. The number of fused-ring (bicyclic) bond motifs is 2. The number of benzene rings is 6. The zero-order valence-electron chi connectivity index (χ0n) is 35.7. The van der Waals surface area contributed by atoms with Crippen molar-refractivity contribution in [2.24, 2.45) is 0 Å². The summed E-state index contributed by atoms with van der Waals surface area (Å²) in [7, 11) is 8.68. The number of thiophene rings is 2. The van der Waals surface area contributed by atoms with E-state index in [1.165, 1.54) is 12.1 Å². The lowest BCUT2D eigenvalue weighted by atomic mass is 9.97. The van der Waals surface area contributed by atoms with Crippen LogP contribution in [0, 0.1) is 0 Å². The van der Waals surface area contributed by atoms with Gasteiger partial charge in [-0.3, -0.25) is 9.59 Å². The van der Waals surface area contributed by atoms with Crippen molar-refractivity contribution in [3.05, 3.63) is 156 Å². The van der Waals surface area contributed by atoms with Crippen LogP contribution in [0.4, 0.5) is 0 Å². The van der Waals surface area contributed by atoms with Crippen LogP contribution in [0.5, 0.6) is 34.5 Å². The van der Waals surface area contributed by atoms with E-state index < -0.39 is 0 Å². The van der Waals surface area contributed by atoms with E-state index >= 15 is 0 Å². The van der Waals surface area contributed by atoms with E-state index in [1.807, 2.05) is 109 Å². The molecule has 6 aromatic carbocycles. The van der Waals surface area contributed by atoms with Crippen molar-refractivity contribution in [3.63, 3.8) is 0 Å². The molecular formula is C52H47NO8S2. The SMILES string of the molecule is COc1ccc(-c2sc3cc(OC)ccc3c2C(=O)c2ccc(O)cc2)cc1.COc1ccc(-c2sc3cc(OC)ccc3c2C(=O)c2ccc(OC3CCCN(C)C3)cc2)cc1. The Hall–Kier alpha value is -6.66. The molecule has 2 aromatic heterocycles. The molecule has 0 spiro atoms. The van der Waals surface area contributed by atoms with Crippen molar-refractivity contribution in [2.45, 2.75) is 18.9 Å². The molecule has 1 saturated heterocycles. The van der Waals surface area contributed by atoms with Gasteiger partial charge in [0.15, 0.2) is 11.6 Å². The minimum atomic E-state index is -0.0813. The number of hydrogen-bond acceptors (Lipinski definition) is 11. The number of rotatable bonds is 12. The van der Waals surface area contributed by atoms with Gasteiger partial charge in [0.1, 0.15) is 40.6 Å². The predicted molar refractivity (Wildman–Crippen MR) is 253 cm³/mol. The molecular weight excluding hydrogens is 831 g/mol. The minimum Gasteiger partial charge on any atom is -0.508 e. The smallest absolute Gasteiger partial charge is 0.195 e. The van der Waals surface area contributed by atoms with Crippen molar-refractivity contribution >= 4 is 54.4 Å². The fourth-order valence-electron chi connectivity index (χ4n) is 7.74. The third kappa shape index (κ3) is 9.41. The zero-order chi connectivity index (χ0) is 44.0. The summed E-state index contributed by atoms with van der Waals surface area (Å²) in [6.07, 6.45) is 2.38. The molecule has 1 aliphatic heterocycles. The molecule has 1 fully saturated rings. The number of ketones is 2. The molecule has 1 N–H and O–H groups in total. The van der Waals surface area contributed by atoms with Gasteiger partial charge in [0.25, 0.3) is 0 Å². The number of methoxy groups -OCH3 is 4. The molecule has 63 heavy (non-hydrogen) atoms. The molecule has 0 saturated carbocycles. The van der Waals surface area contributed by atoms with Crippen LogP contribution in [0.1, 0.15) is 44.7 Å². The van der Waals surface area contributed by atoms with Crippen molar-refractivity contribution < 1.29 is 38.4 Å². The summed E-state index contributed by atoms with van der Waals surface area (Å²) in [5.74, 6) is 3.91. The fraction of sp³-hybridized carbons (Fsp3) is 0.192. The van der Waals surface area contributed by atoms with E-state index in [0.29, 0.717) is 22.3 Å². The molecule has 320 valence electrons. The van der Waals surface area contributed by atoms with Gasteiger partial charge in [0, 0.05) is 58.7 Å². The lowest BCUT2D eigenvalue weighted by Gasteiger charge is -2.30. The first-order chi connectivity index (χ1) is 30.7. The minimum absolute atomic E-state index is 0.00353. The van der Waals surface area contributed by atoms with Crippen LogP contribution in [-0.4, -0.2) is 76.3 Å². The first kappa shape index (κ1) is 43.0. The number of carbonyl (C=O) groups is 2. The third-order valence-corrected chi connectivity index (χ3v) is 13.5. The molecule has 11 heteroatoms. The molecule has 1 unspecified atom stereocenters. The van der Waals surface area contributed by atoms with Crippen LogP contribution in [0.2, 0.25) is 0 Å². The molecule has 9 nitrogen and oxygen atoms in total. The maximum Gasteiger partial charge on any atom is 0.195 e. The number of piperidine rings is 1. The maximum atomic E-state index is 13.8. The molecule has 3 heterocycles. The molecule has 8 aromatic rings. The molecule has 1 atom stereocenters. The van der Waals surface area contributed by atoms with E-state index in [0.717, 1.165) is 95.7 Å². The van der Waals surface area contributed by atoms with Gasteiger partial charge in [-0.15, -0.1) is 22.7 Å². The summed E-state index contributed by atoms with van der Waals surface area (Å²) >= 11 is 3.15. The number of phenolic OH excluding ortho intramolecular Hbond substituents is 1. The van der Waals surface area contributed by atoms with E-state index in [2.05, 4.69) is 11.9 Å². The second-order valence-electron chi connectivity index (χ2n) is 15.2. The highest BCUT2D eigenvalue weighted by molar-refractivity contribution is 7.23. The Balaban J connectivity index is 0.000000177. The Morgan fingerprint density at radius 3 is 1.40 bits per heavy atom. The first-order valence-electron chi connectivity index (χ1n) is 20.5. The van der Waals surface area contributed by atoms with Crippen molar-refractivity contribution in [3.8, 4) is 55.4 Å².